The molecule has 2 heterocycles. The second kappa shape index (κ2) is 8.31. The lowest BCUT2D eigenvalue weighted by Gasteiger charge is -2.33. The van der Waals surface area contributed by atoms with Crippen LogP contribution in [0.25, 0.3) is 0 Å². The van der Waals surface area contributed by atoms with Gasteiger partial charge in [0.15, 0.2) is 5.96 Å². The molecule has 2 aliphatic heterocycles. The number of hydrogen-bond acceptors (Lipinski definition) is 4. The number of hydrogen-bond donors (Lipinski definition) is 1. The highest BCUT2D eigenvalue weighted by molar-refractivity contribution is 5.80. The lowest BCUT2D eigenvalue weighted by molar-refractivity contribution is 0.0194. The number of guanidine groups is 1. The monoisotopic (exact) mass is 325 g/mol. The maximum Gasteiger partial charge on any atom is 0.193 e. The van der Waals surface area contributed by atoms with Gasteiger partial charge in [0.25, 0.3) is 0 Å². The lowest BCUT2D eigenvalue weighted by atomic mass is 9.93. The number of nitrogens with one attached hydrogen (secondary N) is 1. The fourth-order valence-electron chi connectivity index (χ4n) is 3.74. The van der Waals surface area contributed by atoms with E-state index in [-0.39, 0.29) is 5.41 Å². The van der Waals surface area contributed by atoms with Gasteiger partial charge in [0, 0.05) is 52.4 Å². The molecule has 0 aromatic carbocycles. The first-order valence-corrected chi connectivity index (χ1v) is 8.83. The zero-order valence-electron chi connectivity index (χ0n) is 15.6. The van der Waals surface area contributed by atoms with Crippen LogP contribution in [0.3, 0.4) is 0 Å². The molecule has 2 aliphatic rings. The largest absolute Gasteiger partial charge is 0.379 e. The summed E-state index contributed by atoms with van der Waals surface area (Å²) in [4.78, 5) is 11.7. The van der Waals surface area contributed by atoms with Crippen LogP contribution in [-0.2, 0) is 4.74 Å². The van der Waals surface area contributed by atoms with Gasteiger partial charge in [0.1, 0.15) is 0 Å². The van der Waals surface area contributed by atoms with Crippen LogP contribution in [0, 0.1) is 5.41 Å². The Morgan fingerprint density at radius 3 is 2.57 bits per heavy atom. The van der Waals surface area contributed by atoms with Gasteiger partial charge in [-0.2, -0.15) is 0 Å². The lowest BCUT2D eigenvalue weighted by Crippen LogP contribution is -2.48. The van der Waals surface area contributed by atoms with E-state index in [9.17, 15) is 0 Å². The number of nitrogens with zero attached hydrogens (tertiary/aromatic N) is 4. The molecule has 2 fully saturated rings. The van der Waals surface area contributed by atoms with Crippen molar-refractivity contribution in [2.45, 2.75) is 26.3 Å². The molecule has 1 atom stereocenters. The molecule has 6 heteroatoms. The Balaban J connectivity index is 1.82. The average Bonchev–Trinajstić information content (AvgIpc) is 2.97. The molecule has 0 aromatic rings. The van der Waals surface area contributed by atoms with Gasteiger partial charge in [0.05, 0.1) is 13.2 Å². The summed E-state index contributed by atoms with van der Waals surface area (Å²) in [5, 5.41) is 3.59. The van der Waals surface area contributed by atoms with Crippen LogP contribution in [0.15, 0.2) is 4.99 Å². The molecule has 0 aromatic heterocycles. The van der Waals surface area contributed by atoms with E-state index in [1.807, 2.05) is 7.05 Å². The summed E-state index contributed by atoms with van der Waals surface area (Å²) in [5.41, 5.74) is 0.225. The third-order valence-electron chi connectivity index (χ3n) is 4.71. The van der Waals surface area contributed by atoms with E-state index < -0.39 is 0 Å². The Bertz CT molecular complexity index is 390. The minimum atomic E-state index is 0.225. The second-order valence-corrected chi connectivity index (χ2v) is 7.84. The topological polar surface area (TPSA) is 43.3 Å². The van der Waals surface area contributed by atoms with E-state index in [1.165, 1.54) is 6.42 Å². The zero-order chi connectivity index (χ0) is 16.9. The summed E-state index contributed by atoms with van der Waals surface area (Å²) in [6, 6.07) is 0.646. The average molecular weight is 326 g/mol. The fourth-order valence-corrected chi connectivity index (χ4v) is 3.74. The van der Waals surface area contributed by atoms with Crippen molar-refractivity contribution in [3.63, 3.8) is 0 Å². The molecule has 0 spiro atoms. The van der Waals surface area contributed by atoms with Crippen molar-refractivity contribution in [2.75, 3.05) is 73.6 Å². The van der Waals surface area contributed by atoms with Crippen LogP contribution in [0.5, 0.6) is 0 Å². The summed E-state index contributed by atoms with van der Waals surface area (Å²) in [7, 11) is 6.15. The smallest absolute Gasteiger partial charge is 0.193 e. The van der Waals surface area contributed by atoms with Gasteiger partial charge >= 0.3 is 0 Å². The molecular weight excluding hydrogens is 290 g/mol. The molecule has 2 rings (SSSR count). The number of likely N-dealkylation sites (tertiary alicyclic amines) is 1. The molecular formula is C17H35N5O. The minimum Gasteiger partial charge on any atom is -0.379 e. The summed E-state index contributed by atoms with van der Waals surface area (Å²) in [6.07, 6.45) is 1.22. The normalized spacial score (nSPS) is 24.5. The first kappa shape index (κ1) is 18.5. The second-order valence-electron chi connectivity index (χ2n) is 7.84. The highest BCUT2D eigenvalue weighted by atomic mass is 16.5. The van der Waals surface area contributed by atoms with Crippen LogP contribution >= 0.6 is 0 Å². The van der Waals surface area contributed by atoms with Crippen molar-refractivity contribution in [3.05, 3.63) is 0 Å². The molecule has 23 heavy (non-hydrogen) atoms. The number of ether oxygens (including phenoxy) is 1. The van der Waals surface area contributed by atoms with E-state index in [4.69, 9.17) is 4.74 Å². The van der Waals surface area contributed by atoms with Gasteiger partial charge in [0.2, 0.25) is 0 Å². The standard InChI is InChI=1S/C17H35N5O/c1-17(2,14-20(4)5)13-19-16(18-3)22-7-6-15(12-22)21-8-10-23-11-9-21/h15H,6-14H2,1-5H3,(H,18,19). The van der Waals surface area contributed by atoms with Gasteiger partial charge in [-0.25, -0.2) is 0 Å². The molecule has 2 saturated heterocycles. The van der Waals surface area contributed by atoms with Gasteiger partial charge in [-0.1, -0.05) is 13.8 Å². The van der Waals surface area contributed by atoms with Crippen molar-refractivity contribution >= 4 is 5.96 Å². The Labute approximate surface area is 141 Å². The maximum atomic E-state index is 5.47. The Kier molecular flexibility index (Phi) is 6.68. The predicted molar refractivity (Wildman–Crippen MR) is 96.1 cm³/mol. The maximum absolute atomic E-state index is 5.47. The first-order chi connectivity index (χ1) is 10.9. The van der Waals surface area contributed by atoms with Crippen molar-refractivity contribution in [2.24, 2.45) is 10.4 Å². The van der Waals surface area contributed by atoms with Crippen LogP contribution in [0.1, 0.15) is 20.3 Å². The quantitative estimate of drug-likeness (QED) is 0.591. The molecule has 0 saturated carbocycles. The molecule has 0 bridgehead atoms. The van der Waals surface area contributed by atoms with Crippen molar-refractivity contribution < 1.29 is 4.74 Å². The molecule has 0 aliphatic carbocycles. The van der Waals surface area contributed by atoms with Crippen molar-refractivity contribution in [3.8, 4) is 0 Å². The summed E-state index contributed by atoms with van der Waals surface area (Å²) in [6.45, 7) is 12.7. The fraction of sp³-hybridized carbons (Fsp3) is 0.941. The Morgan fingerprint density at radius 1 is 1.26 bits per heavy atom. The van der Waals surface area contributed by atoms with E-state index >= 15 is 0 Å². The van der Waals surface area contributed by atoms with Crippen LogP contribution in [0.2, 0.25) is 0 Å². The first-order valence-electron chi connectivity index (χ1n) is 8.83. The highest BCUT2D eigenvalue weighted by Gasteiger charge is 2.30. The molecule has 6 nitrogen and oxygen atoms in total. The minimum absolute atomic E-state index is 0.225. The Morgan fingerprint density at radius 2 is 1.96 bits per heavy atom. The third-order valence-corrected chi connectivity index (χ3v) is 4.71. The van der Waals surface area contributed by atoms with Gasteiger partial charge in [-0.3, -0.25) is 9.89 Å². The van der Waals surface area contributed by atoms with Crippen LogP contribution in [0.4, 0.5) is 0 Å². The van der Waals surface area contributed by atoms with Crippen LogP contribution < -0.4 is 5.32 Å². The van der Waals surface area contributed by atoms with Gasteiger partial charge in [-0.05, 0) is 25.9 Å². The van der Waals surface area contributed by atoms with E-state index in [2.05, 4.69) is 53.0 Å². The third kappa shape index (κ3) is 5.62. The molecule has 1 unspecified atom stereocenters. The van der Waals surface area contributed by atoms with E-state index in [0.717, 1.165) is 58.4 Å². The number of rotatable bonds is 5. The van der Waals surface area contributed by atoms with E-state index in [0.29, 0.717) is 6.04 Å². The van der Waals surface area contributed by atoms with Crippen molar-refractivity contribution in [1.29, 1.82) is 0 Å². The molecule has 134 valence electrons. The van der Waals surface area contributed by atoms with Crippen LogP contribution in [-0.4, -0.2) is 100 Å². The summed E-state index contributed by atoms with van der Waals surface area (Å²) >= 11 is 0. The predicted octanol–water partition coefficient (Wildman–Crippen LogP) is 0.556. The zero-order valence-corrected chi connectivity index (χ0v) is 15.6. The SMILES string of the molecule is CN=C(NCC(C)(C)CN(C)C)N1CCC(N2CCOCC2)C1. The summed E-state index contributed by atoms with van der Waals surface area (Å²) in [5.74, 6) is 1.05. The van der Waals surface area contributed by atoms with Crippen molar-refractivity contribution in [1.82, 2.24) is 20.0 Å². The van der Waals surface area contributed by atoms with E-state index in [1.54, 1.807) is 0 Å². The summed E-state index contributed by atoms with van der Waals surface area (Å²) < 4.78 is 5.47. The van der Waals surface area contributed by atoms with Gasteiger partial charge < -0.3 is 19.9 Å². The molecule has 1 N–H and O–H groups in total. The molecule has 0 amide bonds. The number of morpholine rings is 1. The highest BCUT2D eigenvalue weighted by Crippen LogP contribution is 2.18. The number of aliphatic imine (C=N–C) groups is 1. The molecule has 0 radical (unpaired) electrons. The Hall–Kier alpha value is -0.850. The van der Waals surface area contributed by atoms with Gasteiger partial charge in [-0.15, -0.1) is 0 Å².